The van der Waals surface area contributed by atoms with E-state index in [4.69, 9.17) is 9.47 Å². The van der Waals surface area contributed by atoms with Gasteiger partial charge in [-0.15, -0.1) is 0 Å². The number of nitrogens with zero attached hydrogens (tertiary/aromatic N) is 1. The van der Waals surface area contributed by atoms with Gasteiger partial charge in [-0.3, -0.25) is 4.79 Å². The first-order valence-electron chi connectivity index (χ1n) is 10.9. The number of fused-ring (bicyclic) bond motifs is 1. The summed E-state index contributed by atoms with van der Waals surface area (Å²) < 4.78 is 24.6. The number of likely N-dealkylation sites (N-methyl/N-ethyl adjacent to an activating group) is 1. The van der Waals surface area contributed by atoms with Crippen LogP contribution in [0.25, 0.3) is 0 Å². The Hall–Kier alpha value is -3.17. The third kappa shape index (κ3) is 6.66. The van der Waals surface area contributed by atoms with Crippen molar-refractivity contribution in [1.82, 2.24) is 10.2 Å². The molecular weight excluding hydrogens is 427 g/mol. The first-order chi connectivity index (χ1) is 15.8. The molecule has 0 bridgehead atoms. The maximum absolute atomic E-state index is 13.3. The van der Waals surface area contributed by atoms with Crippen molar-refractivity contribution in [3.05, 3.63) is 53.8 Å². The van der Waals surface area contributed by atoms with E-state index in [0.29, 0.717) is 35.8 Å². The molecule has 0 unspecified atom stereocenters. The van der Waals surface area contributed by atoms with Gasteiger partial charge in [0.15, 0.2) is 0 Å². The van der Waals surface area contributed by atoms with E-state index in [1.165, 1.54) is 24.3 Å². The molecule has 1 heterocycles. The molecule has 8 nitrogen and oxygen atoms in total. The van der Waals surface area contributed by atoms with E-state index in [1.807, 2.05) is 6.92 Å². The Morgan fingerprint density at radius 2 is 1.82 bits per heavy atom. The van der Waals surface area contributed by atoms with Gasteiger partial charge in [-0.25, -0.2) is 9.18 Å². The van der Waals surface area contributed by atoms with E-state index in [2.05, 4.69) is 22.9 Å². The van der Waals surface area contributed by atoms with Crippen LogP contribution in [0.15, 0.2) is 42.5 Å². The molecule has 0 saturated carbocycles. The minimum absolute atomic E-state index is 0.0735. The Bertz CT molecular complexity index is 969. The molecule has 2 aromatic carbocycles. The molecule has 9 heteroatoms. The van der Waals surface area contributed by atoms with Crippen LogP contribution in [0.1, 0.15) is 24.2 Å². The van der Waals surface area contributed by atoms with Crippen molar-refractivity contribution < 1.29 is 23.5 Å². The largest absolute Gasteiger partial charge is 0.491 e. The summed E-state index contributed by atoms with van der Waals surface area (Å²) in [6.07, 6.45) is -0.134. The first kappa shape index (κ1) is 24.5. The first-order valence-corrected chi connectivity index (χ1v) is 10.9. The summed E-state index contributed by atoms with van der Waals surface area (Å²) in [5.74, 6) is 0.00321. The molecule has 0 fully saturated rings. The van der Waals surface area contributed by atoms with E-state index < -0.39 is 11.8 Å². The van der Waals surface area contributed by atoms with Crippen molar-refractivity contribution in [1.29, 1.82) is 0 Å². The number of nitrogens with one attached hydrogen (secondary N) is 3. The van der Waals surface area contributed by atoms with Crippen LogP contribution in [0.5, 0.6) is 5.75 Å². The molecule has 0 aliphatic carbocycles. The average Bonchev–Trinajstić information content (AvgIpc) is 2.80. The predicted molar refractivity (Wildman–Crippen MR) is 125 cm³/mol. The zero-order valence-electron chi connectivity index (χ0n) is 19.4. The molecular formula is C24H31FN4O4. The van der Waals surface area contributed by atoms with Crippen molar-refractivity contribution in [2.24, 2.45) is 5.92 Å². The van der Waals surface area contributed by atoms with E-state index >= 15 is 0 Å². The lowest BCUT2D eigenvalue weighted by Gasteiger charge is -2.30. The van der Waals surface area contributed by atoms with Crippen LogP contribution < -0.4 is 20.7 Å². The van der Waals surface area contributed by atoms with Crippen molar-refractivity contribution >= 4 is 23.3 Å². The smallest absolute Gasteiger partial charge is 0.323 e. The number of halogens is 1. The van der Waals surface area contributed by atoms with Gasteiger partial charge in [-0.1, -0.05) is 6.92 Å². The summed E-state index contributed by atoms with van der Waals surface area (Å²) in [6, 6.07) is 9.93. The van der Waals surface area contributed by atoms with E-state index in [-0.39, 0.29) is 24.0 Å². The second-order valence-electron chi connectivity index (χ2n) is 8.35. The zero-order valence-corrected chi connectivity index (χ0v) is 19.4. The fourth-order valence-corrected chi connectivity index (χ4v) is 3.56. The Kier molecular flexibility index (Phi) is 8.24. The van der Waals surface area contributed by atoms with Gasteiger partial charge in [0.2, 0.25) is 0 Å². The number of hydrogen-bond donors (Lipinski definition) is 3. The van der Waals surface area contributed by atoms with Gasteiger partial charge >= 0.3 is 6.03 Å². The van der Waals surface area contributed by atoms with E-state index in [1.54, 1.807) is 37.3 Å². The number of urea groups is 1. The number of benzene rings is 2. The minimum Gasteiger partial charge on any atom is -0.491 e. The molecule has 3 N–H and O–H groups in total. The molecule has 3 amide bonds. The molecule has 3 rings (SSSR count). The summed E-state index contributed by atoms with van der Waals surface area (Å²) in [7, 11) is 3.36. The summed E-state index contributed by atoms with van der Waals surface area (Å²) in [6.45, 7) is 5.63. The van der Waals surface area contributed by atoms with Gasteiger partial charge in [0.1, 0.15) is 18.2 Å². The maximum Gasteiger partial charge on any atom is 0.323 e. The zero-order chi connectivity index (χ0) is 24.0. The number of methoxy groups -OCH3 is 1. The Morgan fingerprint density at radius 1 is 1.15 bits per heavy atom. The van der Waals surface area contributed by atoms with Crippen molar-refractivity contribution in [2.45, 2.75) is 26.0 Å². The SMILES string of the molecule is CO[C@H]1CN(C)C(=O)c2cc(NC(=O)Nc3ccc(F)cc3)ccc2OC[C@@H](C)NC[C@@H]1C. The van der Waals surface area contributed by atoms with Crippen molar-refractivity contribution in [3.63, 3.8) is 0 Å². The number of carbonyl (C=O) groups is 2. The van der Waals surface area contributed by atoms with Gasteiger partial charge < -0.3 is 30.3 Å². The lowest BCUT2D eigenvalue weighted by Crippen LogP contribution is -2.44. The van der Waals surface area contributed by atoms with Crippen LogP contribution in [0, 0.1) is 11.7 Å². The summed E-state index contributed by atoms with van der Waals surface area (Å²) in [5.41, 5.74) is 1.21. The van der Waals surface area contributed by atoms with Crippen LogP contribution in [-0.4, -0.2) is 62.8 Å². The Balaban J connectivity index is 1.81. The molecule has 0 saturated heterocycles. The van der Waals surface area contributed by atoms with Gasteiger partial charge in [0.05, 0.1) is 11.7 Å². The fraction of sp³-hybridized carbons (Fsp3) is 0.417. The number of amides is 3. The number of ether oxygens (including phenoxy) is 2. The fourth-order valence-electron chi connectivity index (χ4n) is 3.56. The molecule has 1 aliphatic heterocycles. The molecule has 0 aromatic heterocycles. The highest BCUT2D eigenvalue weighted by molar-refractivity contribution is 6.02. The third-order valence-corrected chi connectivity index (χ3v) is 5.58. The molecule has 0 radical (unpaired) electrons. The molecule has 33 heavy (non-hydrogen) atoms. The lowest BCUT2D eigenvalue weighted by atomic mass is 10.0. The number of carbonyl (C=O) groups excluding carboxylic acids is 2. The molecule has 3 atom stereocenters. The van der Waals surface area contributed by atoms with Crippen LogP contribution in [0.2, 0.25) is 0 Å². The van der Waals surface area contributed by atoms with Gasteiger partial charge in [-0.05, 0) is 55.3 Å². The van der Waals surface area contributed by atoms with E-state index in [0.717, 1.165) is 6.54 Å². The van der Waals surface area contributed by atoms with Crippen LogP contribution in [0.4, 0.5) is 20.6 Å². The highest BCUT2D eigenvalue weighted by Crippen LogP contribution is 2.26. The van der Waals surface area contributed by atoms with Crippen molar-refractivity contribution in [3.8, 4) is 5.75 Å². The summed E-state index contributed by atoms with van der Waals surface area (Å²) in [5, 5.41) is 8.77. The second kappa shape index (κ2) is 11.1. The topological polar surface area (TPSA) is 91.9 Å². The minimum atomic E-state index is -0.512. The number of rotatable bonds is 3. The normalized spacial score (nSPS) is 21.8. The standard InChI is InChI=1S/C24H31FN4O4/c1-15-12-26-16(2)14-33-21-10-9-19(11-20(21)23(30)29(3)13-22(15)32-4)28-24(31)27-18-7-5-17(25)6-8-18/h5-11,15-16,22,26H,12-14H2,1-4H3,(H2,27,28,31)/t15-,16+,22-/m0/s1. The lowest BCUT2D eigenvalue weighted by molar-refractivity contribution is 0.0281. The summed E-state index contributed by atoms with van der Waals surface area (Å²) >= 11 is 0. The van der Waals surface area contributed by atoms with Crippen LogP contribution in [0.3, 0.4) is 0 Å². The van der Waals surface area contributed by atoms with Crippen molar-refractivity contribution in [2.75, 3.05) is 44.5 Å². The maximum atomic E-state index is 13.3. The van der Waals surface area contributed by atoms with Gasteiger partial charge in [0, 0.05) is 44.7 Å². The second-order valence-corrected chi connectivity index (χ2v) is 8.35. The van der Waals surface area contributed by atoms with E-state index in [9.17, 15) is 14.0 Å². The van der Waals surface area contributed by atoms with Gasteiger partial charge in [0.25, 0.3) is 5.91 Å². The highest BCUT2D eigenvalue weighted by Gasteiger charge is 2.25. The highest BCUT2D eigenvalue weighted by atomic mass is 19.1. The number of hydrogen-bond acceptors (Lipinski definition) is 5. The average molecular weight is 459 g/mol. The summed E-state index contributed by atoms with van der Waals surface area (Å²) in [4.78, 5) is 27.3. The Labute approximate surface area is 193 Å². The molecule has 2 aromatic rings. The Morgan fingerprint density at radius 3 is 2.52 bits per heavy atom. The molecule has 178 valence electrons. The van der Waals surface area contributed by atoms with Crippen LogP contribution >= 0.6 is 0 Å². The monoisotopic (exact) mass is 458 g/mol. The number of anilines is 2. The predicted octanol–water partition coefficient (Wildman–Crippen LogP) is 3.56. The van der Waals surface area contributed by atoms with Crippen LogP contribution in [-0.2, 0) is 4.74 Å². The molecule has 0 spiro atoms. The van der Waals surface area contributed by atoms with Gasteiger partial charge in [-0.2, -0.15) is 0 Å². The quantitative estimate of drug-likeness (QED) is 0.654. The molecule has 1 aliphatic rings. The third-order valence-electron chi connectivity index (χ3n) is 5.58.